The van der Waals surface area contributed by atoms with Gasteiger partial charge >= 0.3 is 167 Å². The molecule has 4 aromatic carbocycles. The molecule has 0 N–H and O–H groups in total. The molecule has 3 heteroatoms. The zero-order chi connectivity index (χ0) is 18.8. The van der Waals surface area contributed by atoms with Crippen LogP contribution < -0.4 is 21.2 Å². The average molecular weight is 437 g/mol. The third-order valence-electron chi connectivity index (χ3n) is 5.02. The van der Waals surface area contributed by atoms with Gasteiger partial charge in [0.1, 0.15) is 0 Å². The Morgan fingerprint density at radius 1 is 0.481 bits per heavy atom. The van der Waals surface area contributed by atoms with Crippen molar-refractivity contribution in [2.45, 2.75) is 0 Å². The van der Waals surface area contributed by atoms with Crippen LogP contribution in [0.1, 0.15) is 0 Å². The summed E-state index contributed by atoms with van der Waals surface area (Å²) in [6, 6.07) is 38.1. The van der Waals surface area contributed by atoms with Gasteiger partial charge in [-0.3, -0.25) is 0 Å². The van der Waals surface area contributed by atoms with E-state index >= 15 is 0 Å². The first-order valence-corrected chi connectivity index (χ1v) is 13.1. The van der Waals surface area contributed by atoms with Crippen LogP contribution in [0.25, 0.3) is 0 Å². The third kappa shape index (κ3) is 2.76. The second-order valence-corrected chi connectivity index (χ2v) is 14.8. The van der Waals surface area contributed by atoms with Crippen molar-refractivity contribution < 1.29 is 4.39 Å². The summed E-state index contributed by atoms with van der Waals surface area (Å²) < 4.78 is 14.4. The van der Waals surface area contributed by atoms with Gasteiger partial charge in [-0.2, -0.15) is 0 Å². The normalized spacial score (nSPS) is 12.9. The van der Waals surface area contributed by atoms with E-state index < -0.39 is 5.31 Å². The minimum absolute atomic E-state index is 0.233. The Hall–Kier alpha value is -2.28. The van der Waals surface area contributed by atoms with Crippen LogP contribution in [0, 0.1) is 5.82 Å². The molecule has 0 spiro atoms. The van der Waals surface area contributed by atoms with Gasteiger partial charge < -0.3 is 0 Å². The fraction of sp³-hybridized carbons (Fsp3) is 0. The van der Waals surface area contributed by atoms with Crippen LogP contribution in [0.5, 0.6) is 0 Å². The van der Waals surface area contributed by atoms with Crippen molar-refractivity contribution in [3.63, 3.8) is 0 Å². The number of rotatable bonds is 4. The maximum absolute atomic E-state index is 14.4. The SMILES string of the molecule is Fc1cccc(P(Br)(c2ccccc2)(c2ccccc2)c2ccccc2)c1. The molecule has 27 heavy (non-hydrogen) atoms. The van der Waals surface area contributed by atoms with Gasteiger partial charge in [0, 0.05) is 0 Å². The molecule has 0 bridgehead atoms. The molecule has 0 nitrogen and oxygen atoms in total. The van der Waals surface area contributed by atoms with E-state index in [0.717, 1.165) is 21.2 Å². The summed E-state index contributed by atoms with van der Waals surface area (Å²) in [4.78, 5) is 0. The first kappa shape index (κ1) is 18.1. The molecular weight excluding hydrogens is 418 g/mol. The van der Waals surface area contributed by atoms with Crippen LogP contribution in [0.2, 0.25) is 0 Å². The van der Waals surface area contributed by atoms with Gasteiger partial charge in [-0.05, 0) is 0 Å². The van der Waals surface area contributed by atoms with E-state index in [0.29, 0.717) is 0 Å². The Morgan fingerprint density at radius 3 is 1.22 bits per heavy atom. The second kappa shape index (κ2) is 7.03. The fourth-order valence-corrected chi connectivity index (χ4v) is 11.3. The van der Waals surface area contributed by atoms with E-state index in [4.69, 9.17) is 0 Å². The van der Waals surface area contributed by atoms with Crippen molar-refractivity contribution in [2.75, 3.05) is 0 Å². The van der Waals surface area contributed by atoms with E-state index in [1.165, 1.54) is 6.07 Å². The van der Waals surface area contributed by atoms with Crippen LogP contribution >= 0.6 is 20.8 Å². The predicted molar refractivity (Wildman–Crippen MR) is 120 cm³/mol. The van der Waals surface area contributed by atoms with Crippen LogP contribution in [0.4, 0.5) is 4.39 Å². The van der Waals surface area contributed by atoms with E-state index in [2.05, 4.69) is 51.9 Å². The van der Waals surface area contributed by atoms with Crippen molar-refractivity contribution in [1.82, 2.24) is 0 Å². The number of benzene rings is 4. The zero-order valence-electron chi connectivity index (χ0n) is 14.7. The van der Waals surface area contributed by atoms with Crippen LogP contribution in [-0.2, 0) is 0 Å². The van der Waals surface area contributed by atoms with E-state index in [9.17, 15) is 4.39 Å². The summed E-state index contributed by atoms with van der Waals surface area (Å²) in [6.07, 6.45) is 0. The van der Waals surface area contributed by atoms with Gasteiger partial charge in [-0.25, -0.2) is 0 Å². The monoisotopic (exact) mass is 436 g/mol. The van der Waals surface area contributed by atoms with Gasteiger partial charge in [-0.1, -0.05) is 0 Å². The molecule has 0 heterocycles. The quantitative estimate of drug-likeness (QED) is 0.381. The summed E-state index contributed by atoms with van der Waals surface area (Å²) in [5, 5.41) is 1.11. The topological polar surface area (TPSA) is 0 Å². The summed E-state index contributed by atoms with van der Waals surface area (Å²) in [6.45, 7) is 0. The van der Waals surface area contributed by atoms with Crippen molar-refractivity contribution in [3.8, 4) is 0 Å². The molecule has 0 unspecified atom stereocenters. The average Bonchev–Trinajstić information content (AvgIpc) is 2.75. The van der Waals surface area contributed by atoms with Crippen LogP contribution in [0.3, 0.4) is 0 Å². The van der Waals surface area contributed by atoms with Gasteiger partial charge in [0.15, 0.2) is 0 Å². The Morgan fingerprint density at radius 2 is 0.852 bits per heavy atom. The van der Waals surface area contributed by atoms with Crippen molar-refractivity contribution in [2.24, 2.45) is 0 Å². The Labute approximate surface area is 167 Å². The first-order chi connectivity index (χ1) is 13.1. The Balaban J connectivity index is 2.24. The molecule has 0 amide bonds. The number of hydrogen-bond donors (Lipinski definition) is 0. The van der Waals surface area contributed by atoms with Crippen LogP contribution in [-0.4, -0.2) is 0 Å². The summed E-state index contributed by atoms with van der Waals surface area (Å²) in [5.41, 5.74) is 0. The minimum atomic E-state index is -3.28. The number of halogens is 2. The predicted octanol–water partition coefficient (Wildman–Crippen LogP) is 5.29. The standard InChI is InChI=1S/C24H19BrFP/c25-27(21-12-4-1-5-13-21,22-14-6-2-7-15-22,23-16-8-3-9-17-23)24-18-10-11-20(26)19-24/h1-19H. The Bertz CT molecular complexity index is 950. The van der Waals surface area contributed by atoms with Gasteiger partial charge in [-0.15, -0.1) is 0 Å². The molecular formula is C24H19BrFP. The molecule has 0 aromatic heterocycles. The molecule has 0 aliphatic rings. The molecule has 0 aliphatic carbocycles. The van der Waals surface area contributed by atoms with E-state index in [1.807, 2.05) is 60.7 Å². The van der Waals surface area contributed by atoms with E-state index in [1.54, 1.807) is 12.1 Å². The zero-order valence-corrected chi connectivity index (χ0v) is 17.2. The molecule has 4 rings (SSSR count). The first-order valence-electron chi connectivity index (χ1n) is 8.81. The molecule has 4 aromatic rings. The fourth-order valence-electron chi connectivity index (χ4n) is 3.76. The summed E-state index contributed by atoms with van der Waals surface area (Å²) in [5.74, 6) is -0.233. The molecule has 0 radical (unpaired) electrons. The molecule has 0 atom stereocenters. The van der Waals surface area contributed by atoms with Gasteiger partial charge in [0.2, 0.25) is 0 Å². The van der Waals surface area contributed by atoms with Crippen molar-refractivity contribution in [3.05, 3.63) is 121 Å². The molecule has 0 aliphatic heterocycles. The Kier molecular flexibility index (Phi) is 4.72. The summed E-state index contributed by atoms with van der Waals surface area (Å²) >= 11 is 4.32. The molecule has 0 saturated carbocycles. The molecule has 0 saturated heterocycles. The van der Waals surface area contributed by atoms with Crippen molar-refractivity contribution >= 4 is 42.0 Å². The van der Waals surface area contributed by atoms with E-state index in [-0.39, 0.29) is 5.82 Å². The second-order valence-electron chi connectivity index (χ2n) is 6.50. The summed E-state index contributed by atoms with van der Waals surface area (Å²) in [7, 11) is 0. The number of hydrogen-bond acceptors (Lipinski definition) is 0. The molecule has 0 fully saturated rings. The van der Waals surface area contributed by atoms with Gasteiger partial charge in [0.25, 0.3) is 0 Å². The van der Waals surface area contributed by atoms with Crippen LogP contribution in [0.15, 0.2) is 115 Å². The van der Waals surface area contributed by atoms with Gasteiger partial charge in [0.05, 0.1) is 0 Å². The molecule has 134 valence electrons. The maximum atomic E-state index is 14.4. The third-order valence-corrected chi connectivity index (χ3v) is 15.0. The van der Waals surface area contributed by atoms with Crippen molar-refractivity contribution in [1.29, 1.82) is 0 Å².